The number of aromatic nitrogens is 2. The number of rotatable bonds is 19. The highest BCUT2D eigenvalue weighted by atomic mass is 32.2. The highest BCUT2D eigenvalue weighted by Crippen LogP contribution is 2.38. The van der Waals surface area contributed by atoms with Crippen LogP contribution in [0.25, 0.3) is 11.3 Å². The zero-order valence-electron chi connectivity index (χ0n) is 34.2. The number of hydrogen-bond acceptors (Lipinski definition) is 11. The molecule has 3 aliphatic heterocycles. The monoisotopic (exact) mass is 887 g/mol. The van der Waals surface area contributed by atoms with E-state index in [-0.39, 0.29) is 75.3 Å². The van der Waals surface area contributed by atoms with Gasteiger partial charge in [0.25, 0.3) is 5.91 Å². The number of alkyl halides is 1. The Balaban J connectivity index is 1.12. The molecule has 336 valence electrons. The van der Waals surface area contributed by atoms with Gasteiger partial charge in [-0.05, 0) is 49.4 Å². The number of amides is 4. The lowest BCUT2D eigenvalue weighted by Crippen LogP contribution is -2.51. The average molecular weight is 888 g/mol. The van der Waals surface area contributed by atoms with E-state index in [4.69, 9.17) is 24.3 Å². The molecule has 0 aliphatic carbocycles. The molecule has 5 N–H and O–H groups in total. The molecular weight excluding hydrogens is 836 g/mol. The van der Waals surface area contributed by atoms with Gasteiger partial charge in [-0.15, -0.1) is 11.8 Å². The van der Waals surface area contributed by atoms with Crippen LogP contribution in [-0.4, -0.2) is 138 Å². The first-order valence-electron chi connectivity index (χ1n) is 20.6. The van der Waals surface area contributed by atoms with E-state index in [9.17, 15) is 28.4 Å². The van der Waals surface area contributed by atoms with Gasteiger partial charge in [0.15, 0.2) is 6.10 Å². The molecule has 0 radical (unpaired) electrons. The summed E-state index contributed by atoms with van der Waals surface area (Å²) in [5.74, 6) is -4.29. The molecule has 62 heavy (non-hydrogen) atoms. The van der Waals surface area contributed by atoms with Crippen molar-refractivity contribution in [1.82, 2.24) is 35.7 Å². The molecule has 3 saturated heterocycles. The number of ether oxygens (including phenoxy) is 3. The van der Waals surface area contributed by atoms with E-state index in [1.165, 1.54) is 11.8 Å². The number of hydrogen-bond donors (Lipinski definition) is 5. The Labute approximate surface area is 361 Å². The first-order valence-corrected chi connectivity index (χ1v) is 21.7. The van der Waals surface area contributed by atoms with Crippen molar-refractivity contribution < 1.29 is 56.5 Å². The van der Waals surface area contributed by atoms with Gasteiger partial charge >= 0.3 is 12.1 Å². The van der Waals surface area contributed by atoms with Gasteiger partial charge in [0.05, 0.1) is 30.2 Å². The van der Waals surface area contributed by atoms with Crippen LogP contribution in [0.4, 0.5) is 18.0 Å². The van der Waals surface area contributed by atoms with E-state index in [2.05, 4.69) is 21.3 Å². The highest BCUT2D eigenvalue weighted by molar-refractivity contribution is 8.00. The van der Waals surface area contributed by atoms with Crippen molar-refractivity contribution >= 4 is 41.5 Å². The molecule has 2 aromatic carbocycles. The SMILES string of the molecule is CC(OC(=O)NCCOCCNC(=O)CC1SCC(C(=O)O)NC1=O)C(=O)N(CC1CNCC1F)C(c1nc(-c2cc(F)ccc2F)cn1Cc1ccccc1)C1CCOCC1. The number of benzene rings is 2. The zero-order valence-corrected chi connectivity index (χ0v) is 35.1. The Bertz CT molecular complexity index is 2030. The van der Waals surface area contributed by atoms with Crippen LogP contribution in [-0.2, 0) is 39.9 Å². The second kappa shape index (κ2) is 22.3. The number of carboxylic acids is 1. The summed E-state index contributed by atoms with van der Waals surface area (Å²) in [7, 11) is 0. The molecule has 6 unspecified atom stereocenters. The van der Waals surface area contributed by atoms with Crippen LogP contribution in [0.15, 0.2) is 54.7 Å². The summed E-state index contributed by atoms with van der Waals surface area (Å²) in [6.07, 6.45) is -0.965. The van der Waals surface area contributed by atoms with E-state index in [1.807, 2.05) is 34.9 Å². The van der Waals surface area contributed by atoms with Crippen molar-refractivity contribution in [3.63, 3.8) is 0 Å². The summed E-state index contributed by atoms with van der Waals surface area (Å²) in [6.45, 7) is 3.09. The third-order valence-corrected chi connectivity index (χ3v) is 12.3. The molecule has 4 amide bonds. The minimum atomic E-state index is -1.34. The normalized spacial score (nSPS) is 21.4. The predicted octanol–water partition coefficient (Wildman–Crippen LogP) is 3.05. The largest absolute Gasteiger partial charge is 0.480 e. The lowest BCUT2D eigenvalue weighted by Gasteiger charge is -2.40. The van der Waals surface area contributed by atoms with Gasteiger partial charge in [-0.3, -0.25) is 14.4 Å². The number of imidazole rings is 1. The highest BCUT2D eigenvalue weighted by Gasteiger charge is 2.42. The molecule has 0 bridgehead atoms. The molecule has 20 heteroatoms. The summed E-state index contributed by atoms with van der Waals surface area (Å²) in [4.78, 5) is 69.6. The Hall–Kier alpha value is -5.18. The second-order valence-corrected chi connectivity index (χ2v) is 16.6. The summed E-state index contributed by atoms with van der Waals surface area (Å²) < 4.78 is 63.7. The number of alkyl carbamates (subject to hydrolysis) is 1. The number of aliphatic carboxylic acids is 1. The third kappa shape index (κ3) is 12.5. The predicted molar refractivity (Wildman–Crippen MR) is 221 cm³/mol. The molecule has 1 aromatic heterocycles. The molecular formula is C42H52F3N7O9S. The maximum atomic E-state index is 15.4. The summed E-state index contributed by atoms with van der Waals surface area (Å²) in [6, 6.07) is 10.8. The molecule has 16 nitrogen and oxygen atoms in total. The zero-order chi connectivity index (χ0) is 44.2. The quantitative estimate of drug-likeness (QED) is 0.110. The van der Waals surface area contributed by atoms with Gasteiger partial charge in [0.2, 0.25) is 11.8 Å². The van der Waals surface area contributed by atoms with Gasteiger partial charge in [-0.2, -0.15) is 0 Å². The Kier molecular flexibility index (Phi) is 16.6. The maximum absolute atomic E-state index is 15.4. The smallest absolute Gasteiger partial charge is 0.407 e. The molecule has 6 rings (SSSR count). The fraction of sp³-hybridized carbons (Fsp3) is 0.524. The number of nitrogens with one attached hydrogen (secondary N) is 4. The van der Waals surface area contributed by atoms with Crippen LogP contribution >= 0.6 is 11.8 Å². The van der Waals surface area contributed by atoms with E-state index in [0.29, 0.717) is 38.4 Å². The second-order valence-electron chi connectivity index (χ2n) is 15.4. The van der Waals surface area contributed by atoms with Crippen LogP contribution in [0.5, 0.6) is 0 Å². The number of carbonyl (C=O) groups is 5. The fourth-order valence-electron chi connectivity index (χ4n) is 7.70. The molecule has 6 atom stereocenters. The first-order chi connectivity index (χ1) is 29.9. The van der Waals surface area contributed by atoms with Gasteiger partial charge in [-0.25, -0.2) is 27.7 Å². The topological polar surface area (TPSA) is 202 Å². The number of nitrogens with zero attached hydrogens (tertiary/aromatic N) is 3. The number of carbonyl (C=O) groups excluding carboxylic acids is 4. The number of carboxylic acid groups (broad SMARTS) is 1. The van der Waals surface area contributed by atoms with Gasteiger partial charge in [0.1, 0.15) is 29.7 Å². The van der Waals surface area contributed by atoms with E-state index >= 15 is 8.78 Å². The number of thioether (sulfide) groups is 1. The molecule has 0 saturated carbocycles. The minimum Gasteiger partial charge on any atom is -0.480 e. The Morgan fingerprint density at radius 1 is 1.06 bits per heavy atom. The molecule has 3 aliphatic rings. The molecule has 3 aromatic rings. The summed E-state index contributed by atoms with van der Waals surface area (Å²) in [5, 5.41) is 19.0. The molecule has 4 heterocycles. The Morgan fingerprint density at radius 2 is 1.81 bits per heavy atom. The van der Waals surface area contributed by atoms with E-state index in [1.54, 1.807) is 6.20 Å². The molecule has 0 spiro atoms. The van der Waals surface area contributed by atoms with Gasteiger partial charge in [-0.1, -0.05) is 30.3 Å². The van der Waals surface area contributed by atoms with Gasteiger partial charge < -0.3 is 50.1 Å². The molecule has 3 fully saturated rings. The van der Waals surface area contributed by atoms with Crippen LogP contribution in [0, 0.1) is 23.5 Å². The number of halogens is 3. The standard InChI is InChI=1S/C42H52F3N7O9S/c1-25(61-42(58)48-12-16-60-15-11-47-36(53)18-35-39(54)50-34(24-62-35)41(56)57)40(55)52(22-28-19-46-20-32(28)45)37(27-9-13-59-14-10-27)38-49-33(30-17-29(43)7-8-31(30)44)23-51(38)21-26-5-3-2-4-6-26/h2-8,17,23,25,27-28,32,34-35,37,46H,9-16,18-22,24H2,1H3,(H,47,53)(H,48,58)(H,50,54)(H,56,57). The van der Waals surface area contributed by atoms with Crippen LogP contribution in [0.2, 0.25) is 0 Å². The van der Waals surface area contributed by atoms with Crippen LogP contribution in [0.3, 0.4) is 0 Å². The summed E-state index contributed by atoms with van der Waals surface area (Å²) in [5.41, 5.74) is 0.979. The van der Waals surface area contributed by atoms with Crippen molar-refractivity contribution in [2.24, 2.45) is 11.8 Å². The minimum absolute atomic E-state index is 0.000649. The van der Waals surface area contributed by atoms with Crippen molar-refractivity contribution in [2.75, 3.05) is 64.9 Å². The van der Waals surface area contributed by atoms with Crippen molar-refractivity contribution in [2.45, 2.75) is 62.3 Å². The van der Waals surface area contributed by atoms with Gasteiger partial charge in [0, 0.05) is 82.3 Å². The third-order valence-electron chi connectivity index (χ3n) is 10.9. The maximum Gasteiger partial charge on any atom is 0.407 e. The van der Waals surface area contributed by atoms with E-state index in [0.717, 1.165) is 35.5 Å². The van der Waals surface area contributed by atoms with Crippen LogP contribution < -0.4 is 21.3 Å². The Morgan fingerprint density at radius 3 is 2.50 bits per heavy atom. The lowest BCUT2D eigenvalue weighted by atomic mass is 9.88. The van der Waals surface area contributed by atoms with Crippen molar-refractivity contribution in [3.05, 3.63) is 77.8 Å². The fourth-order valence-corrected chi connectivity index (χ4v) is 8.84. The first kappa shape index (κ1) is 46.3. The van der Waals surface area contributed by atoms with E-state index < -0.39 is 76.9 Å². The summed E-state index contributed by atoms with van der Waals surface area (Å²) >= 11 is 1.10. The van der Waals surface area contributed by atoms with Crippen molar-refractivity contribution in [1.29, 1.82) is 0 Å². The average Bonchev–Trinajstić information content (AvgIpc) is 3.86. The van der Waals surface area contributed by atoms with Crippen LogP contribution in [0.1, 0.15) is 43.6 Å². The van der Waals surface area contributed by atoms with Crippen molar-refractivity contribution in [3.8, 4) is 11.3 Å². The lowest BCUT2D eigenvalue weighted by molar-refractivity contribution is -0.146.